The molecule has 0 saturated carbocycles. The van der Waals surface area contributed by atoms with Crippen molar-refractivity contribution in [2.24, 2.45) is 0 Å². The average molecular weight is 273 g/mol. The SMILES string of the molecule is O=C1OC(=COc2cccc(Cl)c2)c2ccccc21. The van der Waals surface area contributed by atoms with Crippen LogP contribution < -0.4 is 4.74 Å². The molecule has 0 bridgehead atoms. The Bertz CT molecular complexity index is 677. The third-order valence-corrected chi connectivity index (χ3v) is 2.95. The largest absolute Gasteiger partial charge is 0.461 e. The van der Waals surface area contributed by atoms with Crippen molar-refractivity contribution in [2.75, 3.05) is 0 Å². The quantitative estimate of drug-likeness (QED) is 0.615. The van der Waals surface area contributed by atoms with Crippen LogP contribution in [0, 0.1) is 0 Å². The topological polar surface area (TPSA) is 35.5 Å². The molecule has 3 nitrogen and oxygen atoms in total. The summed E-state index contributed by atoms with van der Waals surface area (Å²) in [7, 11) is 0. The molecule has 2 aromatic rings. The van der Waals surface area contributed by atoms with Crippen molar-refractivity contribution in [3.63, 3.8) is 0 Å². The molecular formula is C15H9ClO3. The Hall–Kier alpha value is -2.26. The Morgan fingerprint density at radius 1 is 1.05 bits per heavy atom. The molecule has 4 heteroatoms. The van der Waals surface area contributed by atoms with Gasteiger partial charge in [0.1, 0.15) is 12.0 Å². The standard InChI is InChI=1S/C15H9ClO3/c16-10-4-3-5-11(8-10)18-9-14-12-6-1-2-7-13(12)15(17)19-14/h1-9H. The van der Waals surface area contributed by atoms with Gasteiger partial charge in [0.2, 0.25) is 0 Å². The van der Waals surface area contributed by atoms with Crippen LogP contribution in [-0.2, 0) is 4.74 Å². The third kappa shape index (κ3) is 2.33. The van der Waals surface area contributed by atoms with Crippen molar-refractivity contribution >= 4 is 23.3 Å². The van der Waals surface area contributed by atoms with Crippen molar-refractivity contribution < 1.29 is 14.3 Å². The van der Waals surface area contributed by atoms with E-state index in [-0.39, 0.29) is 5.97 Å². The zero-order chi connectivity index (χ0) is 13.2. The monoisotopic (exact) mass is 272 g/mol. The van der Waals surface area contributed by atoms with Gasteiger partial charge in [0.15, 0.2) is 5.76 Å². The first-order valence-corrected chi connectivity index (χ1v) is 6.06. The molecule has 0 unspecified atom stereocenters. The van der Waals surface area contributed by atoms with Crippen LogP contribution in [0.2, 0.25) is 5.02 Å². The van der Waals surface area contributed by atoms with E-state index in [1.807, 2.05) is 12.1 Å². The van der Waals surface area contributed by atoms with E-state index in [9.17, 15) is 4.79 Å². The molecule has 0 radical (unpaired) electrons. The molecule has 19 heavy (non-hydrogen) atoms. The normalized spacial score (nSPS) is 15.2. The van der Waals surface area contributed by atoms with Crippen molar-refractivity contribution in [2.45, 2.75) is 0 Å². The number of hydrogen-bond acceptors (Lipinski definition) is 3. The number of rotatable bonds is 2. The third-order valence-electron chi connectivity index (χ3n) is 2.71. The molecule has 0 N–H and O–H groups in total. The molecule has 0 spiro atoms. The van der Waals surface area contributed by atoms with Crippen LogP contribution in [0.25, 0.3) is 5.76 Å². The smallest absolute Gasteiger partial charge is 0.344 e. The number of esters is 1. The lowest BCUT2D eigenvalue weighted by Crippen LogP contribution is -1.92. The number of carbonyl (C=O) groups is 1. The van der Waals surface area contributed by atoms with Crippen molar-refractivity contribution in [3.8, 4) is 5.75 Å². The van der Waals surface area contributed by atoms with Gasteiger partial charge in [-0.25, -0.2) is 4.79 Å². The second-order valence-electron chi connectivity index (χ2n) is 3.99. The van der Waals surface area contributed by atoms with Gasteiger partial charge in [-0.05, 0) is 24.3 Å². The number of ether oxygens (including phenoxy) is 2. The zero-order valence-electron chi connectivity index (χ0n) is 9.80. The molecule has 1 aliphatic rings. The van der Waals surface area contributed by atoms with Gasteiger partial charge in [-0.3, -0.25) is 0 Å². The van der Waals surface area contributed by atoms with E-state index in [1.54, 1.807) is 36.4 Å². The Morgan fingerprint density at radius 3 is 2.63 bits per heavy atom. The Morgan fingerprint density at radius 2 is 1.84 bits per heavy atom. The number of fused-ring (bicyclic) bond motifs is 1. The molecule has 0 aromatic heterocycles. The summed E-state index contributed by atoms with van der Waals surface area (Å²) in [6, 6.07) is 14.2. The zero-order valence-corrected chi connectivity index (χ0v) is 10.6. The van der Waals surface area contributed by atoms with Crippen LogP contribution in [-0.4, -0.2) is 5.97 Å². The fourth-order valence-corrected chi connectivity index (χ4v) is 2.02. The fraction of sp³-hybridized carbons (Fsp3) is 0. The number of benzene rings is 2. The molecule has 0 fully saturated rings. The van der Waals surface area contributed by atoms with Crippen LogP contribution in [0.5, 0.6) is 5.75 Å². The second-order valence-corrected chi connectivity index (χ2v) is 4.43. The molecule has 3 rings (SSSR count). The lowest BCUT2D eigenvalue weighted by molar-refractivity contribution is 0.0712. The minimum atomic E-state index is -0.364. The van der Waals surface area contributed by atoms with Gasteiger partial charge >= 0.3 is 5.97 Å². The van der Waals surface area contributed by atoms with E-state index < -0.39 is 0 Å². The van der Waals surface area contributed by atoms with E-state index in [2.05, 4.69) is 0 Å². The lowest BCUT2D eigenvalue weighted by Gasteiger charge is -2.02. The predicted molar refractivity (Wildman–Crippen MR) is 71.9 cm³/mol. The summed E-state index contributed by atoms with van der Waals surface area (Å²) in [5, 5.41) is 0.583. The van der Waals surface area contributed by atoms with Crippen LogP contribution in [0.1, 0.15) is 15.9 Å². The van der Waals surface area contributed by atoms with Crippen LogP contribution in [0.15, 0.2) is 54.8 Å². The second kappa shape index (κ2) is 4.78. The maximum Gasteiger partial charge on any atom is 0.344 e. The van der Waals surface area contributed by atoms with Gasteiger partial charge in [0.25, 0.3) is 0 Å². The molecule has 94 valence electrons. The summed E-state index contributed by atoms with van der Waals surface area (Å²) in [6.07, 6.45) is 1.41. The highest BCUT2D eigenvalue weighted by atomic mass is 35.5. The predicted octanol–water partition coefficient (Wildman–Crippen LogP) is 3.89. The average Bonchev–Trinajstić information content (AvgIpc) is 2.74. The van der Waals surface area contributed by atoms with Gasteiger partial charge in [-0.1, -0.05) is 35.9 Å². The Kier molecular flexibility index (Phi) is 2.97. The first kappa shape index (κ1) is 11.8. The molecule has 0 atom stereocenters. The van der Waals surface area contributed by atoms with E-state index in [0.717, 1.165) is 5.56 Å². The van der Waals surface area contributed by atoms with Gasteiger partial charge in [-0.15, -0.1) is 0 Å². The molecule has 0 aliphatic carbocycles. The summed E-state index contributed by atoms with van der Waals surface area (Å²) in [5.74, 6) is 0.623. The minimum absolute atomic E-state index is 0.364. The van der Waals surface area contributed by atoms with Crippen molar-refractivity contribution in [1.82, 2.24) is 0 Å². The van der Waals surface area contributed by atoms with E-state index >= 15 is 0 Å². The van der Waals surface area contributed by atoms with Crippen molar-refractivity contribution in [1.29, 1.82) is 0 Å². The molecule has 1 aliphatic heterocycles. The van der Waals surface area contributed by atoms with Gasteiger partial charge in [0.05, 0.1) is 5.56 Å². The number of halogens is 1. The first-order valence-electron chi connectivity index (χ1n) is 5.68. The number of hydrogen-bond donors (Lipinski definition) is 0. The fourth-order valence-electron chi connectivity index (χ4n) is 1.84. The number of cyclic esters (lactones) is 1. The van der Waals surface area contributed by atoms with Crippen LogP contribution in [0.4, 0.5) is 0 Å². The van der Waals surface area contributed by atoms with Crippen molar-refractivity contribution in [3.05, 3.63) is 70.9 Å². The van der Waals surface area contributed by atoms with Crippen LogP contribution in [0.3, 0.4) is 0 Å². The van der Waals surface area contributed by atoms with Gasteiger partial charge in [-0.2, -0.15) is 0 Å². The molecule has 2 aromatic carbocycles. The Balaban J connectivity index is 1.88. The summed E-state index contributed by atoms with van der Waals surface area (Å²) >= 11 is 5.86. The molecule has 0 saturated heterocycles. The Labute approximate surface area is 115 Å². The first-order chi connectivity index (χ1) is 9.24. The summed E-state index contributed by atoms with van der Waals surface area (Å²) < 4.78 is 10.6. The highest BCUT2D eigenvalue weighted by molar-refractivity contribution is 6.30. The number of carbonyl (C=O) groups excluding carboxylic acids is 1. The molecule has 1 heterocycles. The molecular weight excluding hydrogens is 264 g/mol. The van der Waals surface area contributed by atoms with Gasteiger partial charge in [0, 0.05) is 10.6 Å². The van der Waals surface area contributed by atoms with Crippen LogP contribution >= 0.6 is 11.6 Å². The maximum absolute atomic E-state index is 11.6. The summed E-state index contributed by atoms with van der Waals surface area (Å²) in [5.41, 5.74) is 1.28. The molecule has 0 amide bonds. The summed E-state index contributed by atoms with van der Waals surface area (Å²) in [6.45, 7) is 0. The minimum Gasteiger partial charge on any atom is -0.461 e. The van der Waals surface area contributed by atoms with E-state index in [4.69, 9.17) is 21.1 Å². The lowest BCUT2D eigenvalue weighted by atomic mass is 10.1. The maximum atomic E-state index is 11.6. The van der Waals surface area contributed by atoms with E-state index in [0.29, 0.717) is 22.1 Å². The highest BCUT2D eigenvalue weighted by Crippen LogP contribution is 2.29. The highest BCUT2D eigenvalue weighted by Gasteiger charge is 2.26. The van der Waals surface area contributed by atoms with E-state index in [1.165, 1.54) is 6.26 Å². The van der Waals surface area contributed by atoms with Gasteiger partial charge < -0.3 is 9.47 Å². The summed E-state index contributed by atoms with van der Waals surface area (Å²) in [4.78, 5) is 11.6.